The number of nitrogens with one attached hydrogen (secondary N) is 2. The van der Waals surface area contributed by atoms with Gasteiger partial charge in [-0.15, -0.1) is 0 Å². The number of hydrogen-bond donors (Lipinski definition) is 2. The summed E-state index contributed by atoms with van der Waals surface area (Å²) >= 11 is 5.80. The predicted molar refractivity (Wildman–Crippen MR) is 65.6 cm³/mol. The molecule has 2 N–H and O–H groups in total. The van der Waals surface area contributed by atoms with E-state index in [0.29, 0.717) is 28.3 Å². The van der Waals surface area contributed by atoms with Gasteiger partial charge in [0.05, 0.1) is 0 Å². The molecule has 4 nitrogen and oxygen atoms in total. The molecule has 86 valence electrons. The summed E-state index contributed by atoms with van der Waals surface area (Å²) in [6.07, 6.45) is 2.15. The van der Waals surface area contributed by atoms with Gasteiger partial charge in [0.1, 0.15) is 5.69 Å². The quantitative estimate of drug-likeness (QED) is 0.821. The molecule has 17 heavy (non-hydrogen) atoms. The largest absolute Gasteiger partial charge is 0.356 e. The molecule has 1 aromatic carbocycles. The lowest BCUT2D eigenvalue weighted by Crippen LogP contribution is -2.12. The van der Waals surface area contributed by atoms with Crippen LogP contribution in [0.15, 0.2) is 36.5 Å². The average molecular weight is 249 g/mol. The van der Waals surface area contributed by atoms with Crippen molar-refractivity contribution in [3.8, 4) is 0 Å². The van der Waals surface area contributed by atoms with E-state index in [1.165, 1.54) is 12.3 Å². The van der Waals surface area contributed by atoms with Crippen LogP contribution < -0.4 is 5.32 Å². The highest BCUT2D eigenvalue weighted by molar-refractivity contribution is 6.30. The van der Waals surface area contributed by atoms with Crippen LogP contribution in [0, 0.1) is 0 Å². The summed E-state index contributed by atoms with van der Waals surface area (Å²) < 4.78 is 0. The second-order valence-corrected chi connectivity index (χ2v) is 3.87. The van der Waals surface area contributed by atoms with E-state index in [2.05, 4.69) is 10.3 Å². The molecule has 0 radical (unpaired) electrons. The van der Waals surface area contributed by atoms with Gasteiger partial charge in [-0.05, 0) is 24.3 Å². The summed E-state index contributed by atoms with van der Waals surface area (Å²) in [4.78, 5) is 24.9. The van der Waals surface area contributed by atoms with E-state index in [0.717, 1.165) is 0 Å². The summed E-state index contributed by atoms with van der Waals surface area (Å²) in [6, 6.07) is 8.31. The zero-order chi connectivity index (χ0) is 12.3. The van der Waals surface area contributed by atoms with Gasteiger partial charge in [0.25, 0.3) is 5.91 Å². The average Bonchev–Trinajstić information content (AvgIpc) is 2.77. The van der Waals surface area contributed by atoms with Crippen LogP contribution in [-0.4, -0.2) is 17.2 Å². The van der Waals surface area contributed by atoms with Gasteiger partial charge in [-0.2, -0.15) is 0 Å². The molecule has 0 aliphatic heterocycles. The van der Waals surface area contributed by atoms with Crippen molar-refractivity contribution < 1.29 is 9.59 Å². The van der Waals surface area contributed by atoms with E-state index in [1.54, 1.807) is 24.3 Å². The third-order valence-corrected chi connectivity index (χ3v) is 2.40. The molecule has 1 aromatic heterocycles. The molecule has 0 bridgehead atoms. The number of amides is 1. The number of aromatic nitrogens is 1. The fraction of sp³-hybridized carbons (Fsp3) is 0. The van der Waals surface area contributed by atoms with Crippen LogP contribution in [0.3, 0.4) is 0 Å². The van der Waals surface area contributed by atoms with Crippen molar-refractivity contribution in [2.45, 2.75) is 0 Å². The Morgan fingerprint density at radius 1 is 1.35 bits per heavy atom. The third kappa shape index (κ3) is 2.73. The van der Waals surface area contributed by atoms with Crippen LogP contribution >= 0.6 is 11.6 Å². The van der Waals surface area contributed by atoms with Gasteiger partial charge in [0.15, 0.2) is 6.29 Å². The maximum atomic E-state index is 11.8. The Hall–Kier alpha value is -2.07. The fourth-order valence-electron chi connectivity index (χ4n) is 1.37. The van der Waals surface area contributed by atoms with Gasteiger partial charge in [0.2, 0.25) is 0 Å². The molecule has 0 aliphatic rings. The van der Waals surface area contributed by atoms with Crippen molar-refractivity contribution in [2.24, 2.45) is 0 Å². The molecule has 1 heterocycles. The molecule has 0 unspecified atom stereocenters. The van der Waals surface area contributed by atoms with Crippen molar-refractivity contribution >= 4 is 29.5 Å². The zero-order valence-corrected chi connectivity index (χ0v) is 9.49. The first kappa shape index (κ1) is 11.4. The minimum atomic E-state index is -0.319. The van der Waals surface area contributed by atoms with E-state index in [4.69, 9.17) is 11.6 Å². The van der Waals surface area contributed by atoms with E-state index in [9.17, 15) is 9.59 Å². The van der Waals surface area contributed by atoms with E-state index < -0.39 is 0 Å². The highest BCUT2D eigenvalue weighted by Gasteiger charge is 2.08. The van der Waals surface area contributed by atoms with Crippen LogP contribution in [0.2, 0.25) is 5.02 Å². The highest BCUT2D eigenvalue weighted by atomic mass is 35.5. The van der Waals surface area contributed by atoms with Gasteiger partial charge in [-0.25, -0.2) is 0 Å². The van der Waals surface area contributed by atoms with Crippen molar-refractivity contribution in [1.29, 1.82) is 0 Å². The molecule has 0 spiro atoms. The van der Waals surface area contributed by atoms with Crippen molar-refractivity contribution in [3.05, 3.63) is 52.8 Å². The standard InChI is InChI=1S/C12H9ClN2O2/c13-9-2-1-3-10(5-9)15-12(17)11-4-8(7-16)6-14-11/h1-7,14H,(H,15,17). The predicted octanol–water partition coefficient (Wildman–Crippen LogP) is 2.73. The minimum absolute atomic E-state index is 0.319. The SMILES string of the molecule is O=Cc1c[nH]c(C(=O)Nc2cccc(Cl)c2)c1. The van der Waals surface area contributed by atoms with Crippen LogP contribution in [0.5, 0.6) is 0 Å². The first-order valence-electron chi connectivity index (χ1n) is 4.89. The number of H-pyrrole nitrogens is 1. The highest BCUT2D eigenvalue weighted by Crippen LogP contribution is 2.15. The van der Waals surface area contributed by atoms with Gasteiger partial charge < -0.3 is 10.3 Å². The molecule has 0 saturated heterocycles. The number of aromatic amines is 1. The molecule has 0 saturated carbocycles. The van der Waals surface area contributed by atoms with E-state index in [1.807, 2.05) is 0 Å². The number of rotatable bonds is 3. The molecular formula is C12H9ClN2O2. The first-order chi connectivity index (χ1) is 8.19. The molecule has 2 aromatic rings. The number of hydrogen-bond acceptors (Lipinski definition) is 2. The number of carbonyl (C=O) groups is 2. The van der Waals surface area contributed by atoms with Crippen LogP contribution in [0.4, 0.5) is 5.69 Å². The van der Waals surface area contributed by atoms with Crippen LogP contribution in [-0.2, 0) is 0 Å². The third-order valence-electron chi connectivity index (χ3n) is 2.17. The smallest absolute Gasteiger partial charge is 0.272 e. The molecule has 1 amide bonds. The lowest BCUT2D eigenvalue weighted by molar-refractivity contribution is 0.102. The molecule has 0 fully saturated rings. The Bertz CT molecular complexity index is 563. The Morgan fingerprint density at radius 2 is 2.18 bits per heavy atom. The fourth-order valence-corrected chi connectivity index (χ4v) is 1.57. The Balaban J connectivity index is 2.14. The normalized spacial score (nSPS) is 9.94. The van der Waals surface area contributed by atoms with Gasteiger partial charge in [0, 0.05) is 22.5 Å². The van der Waals surface area contributed by atoms with Gasteiger partial charge in [-0.3, -0.25) is 9.59 Å². The minimum Gasteiger partial charge on any atom is -0.356 e. The lowest BCUT2D eigenvalue weighted by atomic mass is 10.3. The Labute approximate surface area is 103 Å². The second-order valence-electron chi connectivity index (χ2n) is 3.43. The van der Waals surface area contributed by atoms with Gasteiger partial charge >= 0.3 is 0 Å². The van der Waals surface area contributed by atoms with Gasteiger partial charge in [-0.1, -0.05) is 17.7 Å². The number of halogens is 1. The molecule has 5 heteroatoms. The number of aldehydes is 1. The maximum absolute atomic E-state index is 11.8. The maximum Gasteiger partial charge on any atom is 0.272 e. The number of anilines is 1. The Morgan fingerprint density at radius 3 is 2.82 bits per heavy atom. The molecule has 0 aliphatic carbocycles. The molecular weight excluding hydrogens is 240 g/mol. The first-order valence-corrected chi connectivity index (χ1v) is 5.27. The summed E-state index contributed by atoms with van der Waals surface area (Å²) in [7, 11) is 0. The zero-order valence-electron chi connectivity index (χ0n) is 8.74. The van der Waals surface area contributed by atoms with E-state index >= 15 is 0 Å². The van der Waals surface area contributed by atoms with E-state index in [-0.39, 0.29) is 5.91 Å². The van der Waals surface area contributed by atoms with Crippen molar-refractivity contribution in [2.75, 3.05) is 5.32 Å². The van der Waals surface area contributed by atoms with Crippen molar-refractivity contribution in [1.82, 2.24) is 4.98 Å². The summed E-state index contributed by atoms with van der Waals surface area (Å²) in [6.45, 7) is 0. The molecule has 2 rings (SSSR count). The van der Waals surface area contributed by atoms with Crippen molar-refractivity contribution in [3.63, 3.8) is 0 Å². The summed E-state index contributed by atoms with van der Waals surface area (Å²) in [5.74, 6) is -0.319. The number of benzene rings is 1. The second kappa shape index (κ2) is 4.84. The lowest BCUT2D eigenvalue weighted by Gasteiger charge is -2.03. The summed E-state index contributed by atoms with van der Waals surface area (Å²) in [5, 5.41) is 3.21. The Kier molecular flexibility index (Phi) is 3.25. The van der Waals surface area contributed by atoms with Crippen LogP contribution in [0.1, 0.15) is 20.8 Å². The van der Waals surface area contributed by atoms with Crippen LogP contribution in [0.25, 0.3) is 0 Å². The topological polar surface area (TPSA) is 62.0 Å². The monoisotopic (exact) mass is 248 g/mol. The molecule has 0 atom stereocenters. The summed E-state index contributed by atoms with van der Waals surface area (Å²) in [5.41, 5.74) is 1.36. The number of carbonyl (C=O) groups excluding carboxylic acids is 2.